The molecule has 3 nitrogen and oxygen atoms in total. The number of thiophene rings is 1. The molecule has 1 aromatic heterocycles. The molecular weight excluding hydrogens is 412 g/mol. The van der Waals surface area contributed by atoms with E-state index in [1.54, 1.807) is 0 Å². The summed E-state index contributed by atoms with van der Waals surface area (Å²) >= 11 is 7.94. The highest BCUT2D eigenvalue weighted by atomic mass is 35.5. The maximum atomic E-state index is 6.14. The first kappa shape index (κ1) is 19.3. The quantitative estimate of drug-likeness (QED) is 0.629. The van der Waals surface area contributed by atoms with Gasteiger partial charge in [-0.25, -0.2) is 0 Å². The second kappa shape index (κ2) is 8.57. The number of hydrogen-bond donors (Lipinski definition) is 1. The normalized spacial score (nSPS) is 15.5. The molecule has 1 N–H and O–H groups in total. The smallest absolute Gasteiger partial charge is 0.108 e. The van der Waals surface area contributed by atoms with Crippen molar-refractivity contribution in [3.8, 4) is 11.8 Å². The third-order valence-corrected chi connectivity index (χ3v) is 6.78. The highest BCUT2D eigenvalue weighted by molar-refractivity contribution is 7.14. The third kappa shape index (κ3) is 3.85. The lowest BCUT2D eigenvalue weighted by atomic mass is 10.00. The summed E-state index contributed by atoms with van der Waals surface area (Å²) < 4.78 is 6.81. The summed E-state index contributed by atoms with van der Waals surface area (Å²) in [6, 6.07) is 18.3. The van der Waals surface area contributed by atoms with E-state index in [1.807, 2.05) is 41.7 Å². The number of rotatable bonds is 2. The molecule has 0 unspecified atom stereocenters. The van der Waals surface area contributed by atoms with Gasteiger partial charge >= 0.3 is 0 Å². The van der Waals surface area contributed by atoms with E-state index in [-0.39, 0.29) is 0 Å². The number of hydrogen-bond acceptors (Lipinski definition) is 4. The van der Waals surface area contributed by atoms with Gasteiger partial charge in [-0.05, 0) is 35.4 Å². The number of nitrogens with one attached hydrogen (secondary N) is 1. The first-order valence-electron chi connectivity index (χ1n) is 10.0. The molecule has 5 heteroatoms. The van der Waals surface area contributed by atoms with Gasteiger partial charge in [0.1, 0.15) is 5.00 Å². The summed E-state index contributed by atoms with van der Waals surface area (Å²) in [6.07, 6.45) is 2.12. The van der Waals surface area contributed by atoms with Crippen LogP contribution in [0.25, 0.3) is 11.8 Å². The maximum absolute atomic E-state index is 6.14. The predicted molar refractivity (Wildman–Crippen MR) is 125 cm³/mol. The van der Waals surface area contributed by atoms with Gasteiger partial charge in [-0.3, -0.25) is 0 Å². The fourth-order valence-electron chi connectivity index (χ4n) is 3.83. The fraction of sp³-hybridized carbons (Fsp3) is 0.200. The second-order valence-electron chi connectivity index (χ2n) is 7.25. The third-order valence-electron chi connectivity index (χ3n) is 5.33. The Bertz CT molecular complexity index is 1230. The van der Waals surface area contributed by atoms with Gasteiger partial charge in [0.25, 0.3) is 0 Å². The Morgan fingerprint density at radius 1 is 0.967 bits per heavy atom. The lowest BCUT2D eigenvalue weighted by molar-refractivity contribution is 0.123. The van der Waals surface area contributed by atoms with Crippen LogP contribution >= 0.6 is 22.9 Å². The molecule has 0 amide bonds. The van der Waals surface area contributed by atoms with Gasteiger partial charge in [-0.1, -0.05) is 53.8 Å². The van der Waals surface area contributed by atoms with Crippen LogP contribution in [0.5, 0.6) is 0 Å². The predicted octanol–water partition coefficient (Wildman–Crippen LogP) is 3.18. The summed E-state index contributed by atoms with van der Waals surface area (Å²) in [5, 5.41) is 6.67. The van der Waals surface area contributed by atoms with E-state index < -0.39 is 0 Å². The number of morpholine rings is 1. The number of fused-ring (bicyclic) bond motifs is 1. The molecule has 0 radical (unpaired) electrons. The van der Waals surface area contributed by atoms with Crippen LogP contribution in [0.4, 0.5) is 5.00 Å². The highest BCUT2D eigenvalue weighted by Crippen LogP contribution is 2.25. The van der Waals surface area contributed by atoms with Crippen molar-refractivity contribution in [2.24, 2.45) is 0 Å². The van der Waals surface area contributed by atoms with Gasteiger partial charge < -0.3 is 15.0 Å². The van der Waals surface area contributed by atoms with E-state index in [2.05, 4.69) is 52.5 Å². The Morgan fingerprint density at radius 2 is 1.73 bits per heavy atom. The van der Waals surface area contributed by atoms with Crippen molar-refractivity contribution >= 4 is 39.7 Å². The van der Waals surface area contributed by atoms with Crippen LogP contribution in [0.2, 0.25) is 5.02 Å². The van der Waals surface area contributed by atoms with Crippen molar-refractivity contribution < 1.29 is 4.74 Å². The minimum atomic E-state index is 0.748. The molecule has 5 rings (SSSR count). The Kier molecular flexibility index (Phi) is 5.50. The van der Waals surface area contributed by atoms with Gasteiger partial charge in [0, 0.05) is 41.6 Å². The van der Waals surface area contributed by atoms with Crippen molar-refractivity contribution in [1.82, 2.24) is 5.32 Å². The lowest BCUT2D eigenvalue weighted by Crippen LogP contribution is -2.37. The maximum Gasteiger partial charge on any atom is 0.108 e. The van der Waals surface area contributed by atoms with Gasteiger partial charge in [-0.2, -0.15) is 0 Å². The molecule has 2 aliphatic heterocycles. The van der Waals surface area contributed by atoms with Crippen molar-refractivity contribution in [3.63, 3.8) is 0 Å². The first-order chi connectivity index (χ1) is 14.8. The SMILES string of the molecule is Clc1ccc(C2=c3c(C#Cc4ccccc4)c(N4CCOCC4)sc3=CNC2)cc1. The molecule has 0 atom stereocenters. The average molecular weight is 433 g/mol. The Balaban J connectivity index is 1.74. The molecule has 3 aromatic rings. The molecule has 2 aromatic carbocycles. The zero-order valence-electron chi connectivity index (χ0n) is 16.5. The van der Waals surface area contributed by atoms with E-state index >= 15 is 0 Å². The van der Waals surface area contributed by atoms with Crippen molar-refractivity contribution in [1.29, 1.82) is 0 Å². The topological polar surface area (TPSA) is 24.5 Å². The lowest BCUT2D eigenvalue weighted by Gasteiger charge is -2.27. The molecule has 1 fully saturated rings. The Hall–Kier alpha value is -2.71. The summed E-state index contributed by atoms with van der Waals surface area (Å²) in [7, 11) is 0. The average Bonchev–Trinajstić information content (AvgIpc) is 3.18. The summed E-state index contributed by atoms with van der Waals surface area (Å²) in [6.45, 7) is 4.06. The molecule has 0 aliphatic carbocycles. The van der Waals surface area contributed by atoms with Gasteiger partial charge in [-0.15, -0.1) is 11.3 Å². The monoisotopic (exact) mass is 432 g/mol. The minimum absolute atomic E-state index is 0.748. The molecule has 0 spiro atoms. The largest absolute Gasteiger partial charge is 0.386 e. The second-order valence-corrected chi connectivity index (χ2v) is 8.71. The highest BCUT2D eigenvalue weighted by Gasteiger charge is 2.21. The number of halogens is 1. The first-order valence-corrected chi connectivity index (χ1v) is 11.2. The fourth-order valence-corrected chi connectivity index (χ4v) is 5.20. The number of anilines is 1. The van der Waals surface area contributed by atoms with Crippen LogP contribution in [0.1, 0.15) is 16.7 Å². The van der Waals surface area contributed by atoms with E-state index in [4.69, 9.17) is 16.3 Å². The molecule has 0 saturated carbocycles. The van der Waals surface area contributed by atoms with E-state index in [9.17, 15) is 0 Å². The van der Waals surface area contributed by atoms with Crippen LogP contribution in [-0.4, -0.2) is 32.8 Å². The Labute approximate surface area is 185 Å². The summed E-state index contributed by atoms with van der Waals surface area (Å²) in [5.74, 6) is 6.92. The molecule has 0 bridgehead atoms. The number of benzene rings is 2. The van der Waals surface area contributed by atoms with Gasteiger partial charge in [0.2, 0.25) is 0 Å². The summed E-state index contributed by atoms with van der Waals surface area (Å²) in [5.41, 5.74) is 4.58. The minimum Gasteiger partial charge on any atom is -0.386 e. The van der Waals surface area contributed by atoms with E-state index in [1.165, 1.54) is 25.9 Å². The molecule has 3 heterocycles. The van der Waals surface area contributed by atoms with Crippen molar-refractivity contribution in [3.05, 3.63) is 86.1 Å². The number of nitrogens with zero attached hydrogens (tertiary/aromatic N) is 1. The van der Waals surface area contributed by atoms with Gasteiger partial charge in [0.15, 0.2) is 0 Å². The zero-order valence-corrected chi connectivity index (χ0v) is 18.0. The van der Waals surface area contributed by atoms with E-state index in [0.717, 1.165) is 49.0 Å². The Morgan fingerprint density at radius 3 is 2.50 bits per heavy atom. The molecule has 30 heavy (non-hydrogen) atoms. The van der Waals surface area contributed by atoms with Crippen molar-refractivity contribution in [2.75, 3.05) is 37.7 Å². The van der Waals surface area contributed by atoms with Gasteiger partial charge in [0.05, 0.1) is 23.3 Å². The van der Waals surface area contributed by atoms with Crippen molar-refractivity contribution in [2.45, 2.75) is 0 Å². The van der Waals surface area contributed by atoms with Crippen LogP contribution in [0, 0.1) is 11.8 Å². The zero-order chi connectivity index (χ0) is 20.3. The van der Waals surface area contributed by atoms with Crippen LogP contribution in [0.15, 0.2) is 54.6 Å². The van der Waals surface area contributed by atoms with Crippen LogP contribution in [-0.2, 0) is 4.74 Å². The molecule has 2 aliphatic rings. The van der Waals surface area contributed by atoms with E-state index in [0.29, 0.717) is 0 Å². The molecular formula is C25H21ClN2OS. The molecule has 1 saturated heterocycles. The number of ether oxygens (including phenoxy) is 1. The summed E-state index contributed by atoms with van der Waals surface area (Å²) in [4.78, 5) is 2.41. The van der Waals surface area contributed by atoms with Crippen LogP contribution < -0.4 is 20.0 Å². The standard InChI is InChI=1S/C25H21ClN2OS/c26-20-9-7-19(8-10-20)22-16-27-17-23-24(22)21(11-6-18-4-2-1-3-5-18)25(30-23)28-12-14-29-15-13-28/h1-5,7-10,17,27H,12-16H2. The molecule has 150 valence electrons. The van der Waals surface area contributed by atoms with Crippen LogP contribution in [0.3, 0.4) is 0 Å².